The Morgan fingerprint density at radius 1 is 1.32 bits per heavy atom. The molecule has 2 aromatic rings. The number of halogens is 1. The molecule has 1 amide bonds. The summed E-state index contributed by atoms with van der Waals surface area (Å²) in [6, 6.07) is 11.2. The number of benzene rings is 1. The van der Waals surface area contributed by atoms with Crippen molar-refractivity contribution in [2.75, 3.05) is 12.4 Å². The minimum absolute atomic E-state index is 0.116. The number of carbonyl (C=O) groups excluding carboxylic acids is 1. The second-order valence-electron chi connectivity index (χ2n) is 3.95. The lowest BCUT2D eigenvalue weighted by Crippen LogP contribution is -2.23. The second kappa shape index (κ2) is 6.33. The highest BCUT2D eigenvalue weighted by atomic mass is 79.9. The van der Waals surface area contributed by atoms with Gasteiger partial charge in [-0.15, -0.1) is 0 Å². The molecule has 0 aliphatic carbocycles. The van der Waals surface area contributed by atoms with Crippen molar-refractivity contribution in [3.05, 3.63) is 58.2 Å². The van der Waals surface area contributed by atoms with Crippen LogP contribution in [0.4, 0.5) is 5.82 Å². The second-order valence-corrected chi connectivity index (χ2v) is 4.81. The van der Waals surface area contributed by atoms with Crippen LogP contribution in [0, 0.1) is 0 Å². The lowest BCUT2D eigenvalue weighted by molar-refractivity contribution is 0.0951. The first kappa shape index (κ1) is 13.5. The number of pyridine rings is 1. The Bertz CT molecular complexity index is 586. The molecule has 19 heavy (non-hydrogen) atoms. The van der Waals surface area contributed by atoms with Crippen molar-refractivity contribution >= 4 is 27.7 Å². The van der Waals surface area contributed by atoms with Crippen molar-refractivity contribution < 1.29 is 4.79 Å². The number of hydrogen-bond donors (Lipinski definition) is 2. The fourth-order valence-electron chi connectivity index (χ4n) is 1.63. The molecule has 0 radical (unpaired) electrons. The number of nitrogens with one attached hydrogen (secondary N) is 2. The molecule has 2 rings (SSSR count). The number of amides is 1. The van der Waals surface area contributed by atoms with Crippen molar-refractivity contribution in [1.82, 2.24) is 10.3 Å². The van der Waals surface area contributed by atoms with Gasteiger partial charge in [0.25, 0.3) is 5.91 Å². The van der Waals surface area contributed by atoms with Crippen molar-refractivity contribution in [3.63, 3.8) is 0 Å². The molecule has 0 fully saturated rings. The molecule has 0 aliphatic rings. The third kappa shape index (κ3) is 3.54. The third-order valence-corrected chi connectivity index (χ3v) is 3.45. The summed E-state index contributed by atoms with van der Waals surface area (Å²) < 4.78 is 0.987. The van der Waals surface area contributed by atoms with Crippen LogP contribution in [0.3, 0.4) is 0 Å². The van der Waals surface area contributed by atoms with Crippen LogP contribution in [0.25, 0.3) is 0 Å². The average molecular weight is 320 g/mol. The zero-order valence-electron chi connectivity index (χ0n) is 10.5. The van der Waals surface area contributed by atoms with Gasteiger partial charge in [-0.1, -0.05) is 34.1 Å². The summed E-state index contributed by atoms with van der Waals surface area (Å²) in [4.78, 5) is 16.1. The van der Waals surface area contributed by atoms with E-state index < -0.39 is 0 Å². The molecule has 2 N–H and O–H groups in total. The maximum absolute atomic E-state index is 12.0. The molecule has 98 valence electrons. The van der Waals surface area contributed by atoms with Gasteiger partial charge in [0.1, 0.15) is 5.82 Å². The molecule has 0 saturated carbocycles. The minimum atomic E-state index is -0.116. The topological polar surface area (TPSA) is 54.0 Å². The molecule has 0 spiro atoms. The summed E-state index contributed by atoms with van der Waals surface area (Å²) in [7, 11) is 1.77. The number of rotatable bonds is 4. The molecular weight excluding hydrogens is 306 g/mol. The number of anilines is 1. The van der Waals surface area contributed by atoms with Gasteiger partial charge < -0.3 is 10.6 Å². The quantitative estimate of drug-likeness (QED) is 0.911. The van der Waals surface area contributed by atoms with Gasteiger partial charge >= 0.3 is 0 Å². The van der Waals surface area contributed by atoms with E-state index in [9.17, 15) is 4.79 Å². The summed E-state index contributed by atoms with van der Waals surface area (Å²) >= 11 is 3.45. The number of carbonyl (C=O) groups is 1. The Morgan fingerprint density at radius 2 is 2.11 bits per heavy atom. The van der Waals surface area contributed by atoms with Gasteiger partial charge in [-0.3, -0.25) is 4.79 Å². The molecule has 0 atom stereocenters. The lowest BCUT2D eigenvalue weighted by Gasteiger charge is -2.08. The van der Waals surface area contributed by atoms with Crippen LogP contribution >= 0.6 is 15.9 Å². The van der Waals surface area contributed by atoms with Gasteiger partial charge in [-0.05, 0) is 23.8 Å². The lowest BCUT2D eigenvalue weighted by atomic mass is 10.2. The molecule has 1 aromatic heterocycles. The van der Waals surface area contributed by atoms with Gasteiger partial charge in [0.2, 0.25) is 0 Å². The molecule has 0 saturated heterocycles. The van der Waals surface area contributed by atoms with Crippen LogP contribution in [0.15, 0.2) is 47.1 Å². The summed E-state index contributed by atoms with van der Waals surface area (Å²) in [5.41, 5.74) is 1.63. The Kier molecular flexibility index (Phi) is 4.52. The first-order chi connectivity index (χ1) is 9.20. The van der Waals surface area contributed by atoms with E-state index in [1.165, 1.54) is 0 Å². The van der Waals surface area contributed by atoms with Crippen molar-refractivity contribution in [2.45, 2.75) is 6.54 Å². The average Bonchev–Trinajstić information content (AvgIpc) is 2.46. The molecule has 1 aromatic carbocycles. The Labute approximate surface area is 120 Å². The summed E-state index contributed by atoms with van der Waals surface area (Å²) in [5, 5.41) is 5.79. The Balaban J connectivity index is 2.03. The SMILES string of the molecule is CNc1cc(C(=O)NCc2ccccc2Br)ccn1. The highest BCUT2D eigenvalue weighted by Gasteiger charge is 2.07. The third-order valence-electron chi connectivity index (χ3n) is 2.68. The normalized spacial score (nSPS) is 10.0. The molecule has 4 nitrogen and oxygen atoms in total. The maximum Gasteiger partial charge on any atom is 0.251 e. The van der Waals surface area contributed by atoms with Gasteiger partial charge in [-0.25, -0.2) is 4.98 Å². The van der Waals surface area contributed by atoms with Crippen molar-refractivity contribution in [1.29, 1.82) is 0 Å². The molecule has 0 bridgehead atoms. The van der Waals surface area contributed by atoms with E-state index in [1.54, 1.807) is 25.4 Å². The fourth-order valence-corrected chi connectivity index (χ4v) is 2.05. The van der Waals surface area contributed by atoms with E-state index in [2.05, 4.69) is 31.5 Å². The van der Waals surface area contributed by atoms with Crippen LogP contribution in [0.5, 0.6) is 0 Å². The fraction of sp³-hybridized carbons (Fsp3) is 0.143. The molecule has 0 unspecified atom stereocenters. The van der Waals surface area contributed by atoms with E-state index in [-0.39, 0.29) is 5.91 Å². The van der Waals surface area contributed by atoms with Gasteiger partial charge in [0.05, 0.1) is 0 Å². The van der Waals surface area contributed by atoms with Gasteiger partial charge in [0.15, 0.2) is 0 Å². The molecular formula is C14H14BrN3O. The van der Waals surface area contributed by atoms with Gasteiger partial charge in [-0.2, -0.15) is 0 Å². The predicted octanol–water partition coefficient (Wildman–Crippen LogP) is 2.82. The van der Waals surface area contributed by atoms with Crippen LogP contribution in [-0.4, -0.2) is 17.9 Å². The van der Waals surface area contributed by atoms with Crippen molar-refractivity contribution in [3.8, 4) is 0 Å². The highest BCUT2D eigenvalue weighted by molar-refractivity contribution is 9.10. The maximum atomic E-state index is 12.0. The molecule has 1 heterocycles. The van der Waals surface area contributed by atoms with E-state index in [0.717, 1.165) is 10.0 Å². The monoisotopic (exact) mass is 319 g/mol. The first-order valence-corrected chi connectivity index (χ1v) is 6.65. The number of nitrogens with zero attached hydrogens (tertiary/aromatic N) is 1. The van der Waals surface area contributed by atoms with Crippen LogP contribution in [0.1, 0.15) is 15.9 Å². The van der Waals surface area contributed by atoms with E-state index >= 15 is 0 Å². The smallest absolute Gasteiger partial charge is 0.251 e. The van der Waals surface area contributed by atoms with Gasteiger partial charge in [0, 0.05) is 29.8 Å². The van der Waals surface area contributed by atoms with Crippen LogP contribution in [-0.2, 0) is 6.54 Å². The molecule has 0 aliphatic heterocycles. The van der Waals surface area contributed by atoms with Crippen LogP contribution in [0.2, 0.25) is 0 Å². The first-order valence-electron chi connectivity index (χ1n) is 5.86. The number of hydrogen-bond acceptors (Lipinski definition) is 3. The van der Waals surface area contributed by atoms with Crippen molar-refractivity contribution in [2.24, 2.45) is 0 Å². The minimum Gasteiger partial charge on any atom is -0.373 e. The zero-order valence-corrected chi connectivity index (χ0v) is 12.1. The van der Waals surface area contributed by atoms with E-state index in [4.69, 9.17) is 0 Å². The summed E-state index contributed by atoms with van der Waals surface area (Å²) in [6.45, 7) is 0.484. The standard InChI is InChI=1S/C14H14BrN3O/c1-16-13-8-10(6-7-17-13)14(19)18-9-11-4-2-3-5-12(11)15/h2-8H,9H2,1H3,(H,16,17)(H,18,19). The van der Waals surface area contributed by atoms with E-state index in [0.29, 0.717) is 17.9 Å². The summed E-state index contributed by atoms with van der Waals surface area (Å²) in [5.74, 6) is 0.559. The Hall–Kier alpha value is -1.88. The largest absolute Gasteiger partial charge is 0.373 e. The summed E-state index contributed by atoms with van der Waals surface area (Å²) in [6.07, 6.45) is 1.61. The number of aromatic nitrogens is 1. The zero-order chi connectivity index (χ0) is 13.7. The predicted molar refractivity (Wildman–Crippen MR) is 79.1 cm³/mol. The Morgan fingerprint density at radius 3 is 2.84 bits per heavy atom. The van der Waals surface area contributed by atoms with Crippen LogP contribution < -0.4 is 10.6 Å². The highest BCUT2D eigenvalue weighted by Crippen LogP contribution is 2.15. The van der Waals surface area contributed by atoms with E-state index in [1.807, 2.05) is 24.3 Å². The molecule has 5 heteroatoms.